The Kier molecular flexibility index (Phi) is 5.45. The molecule has 0 saturated carbocycles. The lowest BCUT2D eigenvalue weighted by atomic mass is 9.94. The van der Waals surface area contributed by atoms with Crippen molar-refractivity contribution < 1.29 is 23.7 Å². The van der Waals surface area contributed by atoms with Gasteiger partial charge in [-0.3, -0.25) is 4.90 Å². The van der Waals surface area contributed by atoms with Gasteiger partial charge in [0.25, 0.3) is 0 Å². The molecule has 1 N–H and O–H groups in total. The Labute approximate surface area is 165 Å². The number of piperazine rings is 1. The van der Waals surface area contributed by atoms with Gasteiger partial charge in [-0.05, 0) is 23.8 Å². The summed E-state index contributed by atoms with van der Waals surface area (Å²) in [5.74, 6) is 3.64. The van der Waals surface area contributed by atoms with Gasteiger partial charge in [-0.2, -0.15) is 0 Å². The van der Waals surface area contributed by atoms with E-state index in [1.165, 1.54) is 0 Å². The van der Waals surface area contributed by atoms with Crippen LogP contribution in [-0.2, 0) is 0 Å². The van der Waals surface area contributed by atoms with Crippen LogP contribution >= 0.6 is 0 Å². The average molecular weight is 386 g/mol. The van der Waals surface area contributed by atoms with Gasteiger partial charge in [0.2, 0.25) is 6.79 Å². The molecule has 2 aromatic rings. The summed E-state index contributed by atoms with van der Waals surface area (Å²) in [6, 6.07) is 10.0. The van der Waals surface area contributed by atoms with E-state index >= 15 is 0 Å². The molecule has 0 spiro atoms. The quantitative estimate of drug-likeness (QED) is 0.818. The standard InChI is InChI=1S/C21H26N2O5/c1-24-17-12-19(26-3)18(25-2)11-15(17)21(23-8-6-22-7-9-23)14-4-5-16-20(10-14)28-13-27-16/h4-5,10-12,21-22H,6-9,13H2,1-3H3. The van der Waals surface area contributed by atoms with Crippen molar-refractivity contribution in [2.45, 2.75) is 6.04 Å². The first kappa shape index (κ1) is 18.7. The molecule has 1 saturated heterocycles. The summed E-state index contributed by atoms with van der Waals surface area (Å²) >= 11 is 0. The molecular formula is C21H26N2O5. The summed E-state index contributed by atoms with van der Waals surface area (Å²) in [6.45, 7) is 4.00. The highest BCUT2D eigenvalue weighted by molar-refractivity contribution is 5.55. The highest BCUT2D eigenvalue weighted by atomic mass is 16.7. The minimum Gasteiger partial charge on any atom is -0.496 e. The molecule has 7 heteroatoms. The van der Waals surface area contributed by atoms with Crippen molar-refractivity contribution in [3.63, 3.8) is 0 Å². The summed E-state index contributed by atoms with van der Waals surface area (Å²) in [7, 11) is 4.95. The van der Waals surface area contributed by atoms with Crippen molar-refractivity contribution in [3.05, 3.63) is 41.5 Å². The van der Waals surface area contributed by atoms with E-state index in [0.29, 0.717) is 11.5 Å². The van der Waals surface area contributed by atoms with Crippen LogP contribution in [-0.4, -0.2) is 59.2 Å². The topological polar surface area (TPSA) is 61.4 Å². The summed E-state index contributed by atoms with van der Waals surface area (Å²) in [6.07, 6.45) is 0. The van der Waals surface area contributed by atoms with Crippen LogP contribution in [0.4, 0.5) is 0 Å². The number of hydrogen-bond acceptors (Lipinski definition) is 7. The molecule has 0 radical (unpaired) electrons. The van der Waals surface area contributed by atoms with E-state index in [4.69, 9.17) is 23.7 Å². The first-order valence-corrected chi connectivity index (χ1v) is 9.39. The normalized spacial score (nSPS) is 17.2. The molecule has 0 bridgehead atoms. The van der Waals surface area contributed by atoms with Crippen LogP contribution in [0.3, 0.4) is 0 Å². The first-order chi connectivity index (χ1) is 13.7. The zero-order valence-electron chi connectivity index (χ0n) is 16.5. The van der Waals surface area contributed by atoms with Gasteiger partial charge >= 0.3 is 0 Å². The van der Waals surface area contributed by atoms with Gasteiger partial charge in [0, 0.05) is 37.8 Å². The van der Waals surface area contributed by atoms with Crippen LogP contribution in [0.25, 0.3) is 0 Å². The van der Waals surface area contributed by atoms with E-state index in [1.54, 1.807) is 21.3 Å². The molecule has 150 valence electrons. The molecule has 0 aromatic heterocycles. The Bertz CT molecular complexity index is 836. The summed E-state index contributed by atoms with van der Waals surface area (Å²) < 4.78 is 27.9. The number of ether oxygens (including phenoxy) is 5. The van der Waals surface area contributed by atoms with Gasteiger partial charge in [-0.1, -0.05) is 6.07 Å². The molecule has 28 heavy (non-hydrogen) atoms. The van der Waals surface area contributed by atoms with E-state index in [1.807, 2.05) is 18.2 Å². The van der Waals surface area contributed by atoms with Crippen molar-refractivity contribution in [1.82, 2.24) is 10.2 Å². The minimum atomic E-state index is -0.00800. The SMILES string of the molecule is COc1cc(OC)c(C(c2ccc3c(c2)OCO3)N2CCNCC2)cc1OC. The van der Waals surface area contributed by atoms with Crippen LogP contribution in [0.15, 0.2) is 30.3 Å². The molecular weight excluding hydrogens is 360 g/mol. The van der Waals surface area contributed by atoms with Crippen LogP contribution in [0, 0.1) is 0 Å². The largest absolute Gasteiger partial charge is 0.496 e. The summed E-state index contributed by atoms with van der Waals surface area (Å²) in [4.78, 5) is 2.44. The molecule has 7 nitrogen and oxygen atoms in total. The second kappa shape index (κ2) is 8.16. The predicted octanol–water partition coefficient (Wildman–Crippen LogP) is 2.44. The maximum absolute atomic E-state index is 5.74. The van der Waals surface area contributed by atoms with Crippen molar-refractivity contribution in [3.8, 4) is 28.7 Å². The van der Waals surface area contributed by atoms with Gasteiger partial charge < -0.3 is 29.0 Å². The third-order valence-electron chi connectivity index (χ3n) is 5.26. The van der Waals surface area contributed by atoms with Gasteiger partial charge in [0.1, 0.15) is 5.75 Å². The highest BCUT2D eigenvalue weighted by Gasteiger charge is 2.29. The van der Waals surface area contributed by atoms with Crippen molar-refractivity contribution in [1.29, 1.82) is 0 Å². The molecule has 0 amide bonds. The van der Waals surface area contributed by atoms with Crippen LogP contribution in [0.2, 0.25) is 0 Å². The molecule has 2 heterocycles. The Hall–Kier alpha value is -2.64. The molecule has 2 aliphatic heterocycles. The second-order valence-electron chi connectivity index (χ2n) is 6.75. The lowest BCUT2D eigenvalue weighted by Crippen LogP contribution is -2.45. The van der Waals surface area contributed by atoms with Gasteiger partial charge in [-0.25, -0.2) is 0 Å². The fraction of sp³-hybridized carbons (Fsp3) is 0.429. The van der Waals surface area contributed by atoms with Gasteiger partial charge in [0.15, 0.2) is 23.0 Å². The van der Waals surface area contributed by atoms with Crippen molar-refractivity contribution in [2.24, 2.45) is 0 Å². The number of benzene rings is 2. The maximum atomic E-state index is 5.74. The zero-order valence-corrected chi connectivity index (χ0v) is 16.5. The minimum absolute atomic E-state index is 0.00800. The molecule has 1 fully saturated rings. The fourth-order valence-electron chi connectivity index (χ4n) is 3.88. The molecule has 1 unspecified atom stereocenters. The van der Waals surface area contributed by atoms with E-state index in [-0.39, 0.29) is 12.8 Å². The number of nitrogens with one attached hydrogen (secondary N) is 1. The number of hydrogen-bond donors (Lipinski definition) is 1. The Morgan fingerprint density at radius 1 is 0.857 bits per heavy atom. The van der Waals surface area contributed by atoms with E-state index < -0.39 is 0 Å². The lowest BCUT2D eigenvalue weighted by Gasteiger charge is -2.36. The number of fused-ring (bicyclic) bond motifs is 1. The maximum Gasteiger partial charge on any atom is 0.231 e. The Morgan fingerprint density at radius 2 is 1.54 bits per heavy atom. The molecule has 1 atom stereocenters. The second-order valence-corrected chi connectivity index (χ2v) is 6.75. The highest BCUT2D eigenvalue weighted by Crippen LogP contribution is 2.44. The monoisotopic (exact) mass is 386 g/mol. The Morgan fingerprint density at radius 3 is 2.25 bits per heavy atom. The fourth-order valence-corrected chi connectivity index (χ4v) is 3.88. The zero-order chi connectivity index (χ0) is 19.5. The molecule has 0 aliphatic carbocycles. The van der Waals surface area contributed by atoms with Crippen LogP contribution < -0.4 is 29.0 Å². The third kappa shape index (κ3) is 3.43. The number of nitrogens with zero attached hydrogens (tertiary/aromatic N) is 1. The Balaban J connectivity index is 1.83. The van der Waals surface area contributed by atoms with Gasteiger partial charge in [0.05, 0.1) is 27.4 Å². The predicted molar refractivity (Wildman–Crippen MR) is 105 cm³/mol. The van der Waals surface area contributed by atoms with Crippen molar-refractivity contribution in [2.75, 3.05) is 54.3 Å². The van der Waals surface area contributed by atoms with E-state index in [2.05, 4.69) is 22.3 Å². The van der Waals surface area contributed by atoms with E-state index in [9.17, 15) is 0 Å². The van der Waals surface area contributed by atoms with Gasteiger partial charge in [-0.15, -0.1) is 0 Å². The summed E-state index contributed by atoms with van der Waals surface area (Å²) in [5.41, 5.74) is 2.15. The smallest absolute Gasteiger partial charge is 0.231 e. The lowest BCUT2D eigenvalue weighted by molar-refractivity contribution is 0.173. The molecule has 2 aliphatic rings. The van der Waals surface area contributed by atoms with Crippen LogP contribution in [0.5, 0.6) is 28.7 Å². The van der Waals surface area contributed by atoms with Crippen molar-refractivity contribution >= 4 is 0 Å². The van der Waals surface area contributed by atoms with E-state index in [0.717, 1.165) is 54.6 Å². The number of methoxy groups -OCH3 is 3. The average Bonchev–Trinajstić information content (AvgIpc) is 3.22. The molecule has 2 aromatic carbocycles. The third-order valence-corrected chi connectivity index (χ3v) is 5.26. The van der Waals surface area contributed by atoms with Crippen LogP contribution in [0.1, 0.15) is 17.2 Å². The number of rotatable bonds is 6. The summed E-state index contributed by atoms with van der Waals surface area (Å²) in [5, 5.41) is 3.42. The molecule has 4 rings (SSSR count). The first-order valence-electron chi connectivity index (χ1n) is 9.39.